The van der Waals surface area contributed by atoms with E-state index in [1.165, 1.54) is 12.1 Å². The van der Waals surface area contributed by atoms with E-state index in [1.807, 2.05) is 0 Å². The molecular formula is C14H17ClFN3OS. The lowest BCUT2D eigenvalue weighted by Gasteiger charge is -2.12. The van der Waals surface area contributed by atoms with Gasteiger partial charge in [0, 0.05) is 18.7 Å². The summed E-state index contributed by atoms with van der Waals surface area (Å²) in [6.07, 6.45) is 2.34. The molecule has 21 heavy (non-hydrogen) atoms. The average molecular weight is 330 g/mol. The number of ether oxygens (including phenoxy) is 1. The second-order valence-corrected chi connectivity index (χ2v) is 5.59. The second kappa shape index (κ2) is 7.68. The maximum Gasteiger partial charge on any atom is 0.187 e. The van der Waals surface area contributed by atoms with Crippen LogP contribution in [0.2, 0.25) is 5.02 Å². The zero-order valence-corrected chi connectivity index (χ0v) is 13.2. The Hall–Kier alpha value is -1.24. The van der Waals surface area contributed by atoms with Crippen LogP contribution in [0.3, 0.4) is 0 Å². The Morgan fingerprint density at radius 3 is 3.05 bits per heavy atom. The predicted molar refractivity (Wildman–Crippen MR) is 86.3 cm³/mol. The van der Waals surface area contributed by atoms with Crippen LogP contribution in [0.1, 0.15) is 25.3 Å². The topological polar surface area (TPSA) is 45.7 Å². The van der Waals surface area contributed by atoms with E-state index in [0.717, 1.165) is 19.4 Å². The maximum atomic E-state index is 13.0. The van der Waals surface area contributed by atoms with Crippen molar-refractivity contribution in [2.24, 2.45) is 5.10 Å². The van der Waals surface area contributed by atoms with Crippen molar-refractivity contribution in [3.05, 3.63) is 34.6 Å². The number of hydrazone groups is 1. The van der Waals surface area contributed by atoms with E-state index in [-0.39, 0.29) is 11.9 Å². The average Bonchev–Trinajstić information content (AvgIpc) is 2.95. The summed E-state index contributed by atoms with van der Waals surface area (Å²) < 4.78 is 18.5. The summed E-state index contributed by atoms with van der Waals surface area (Å²) in [6.45, 7) is 3.25. The first-order valence-corrected chi connectivity index (χ1v) is 7.50. The SMILES string of the molecule is C/C(=N/NC(=S)NC[C@@H]1CCCO1)c1ccc(F)cc1Cl. The number of thiocarbonyl (C=S) groups is 1. The van der Waals surface area contributed by atoms with Gasteiger partial charge in [-0.15, -0.1) is 0 Å². The van der Waals surface area contributed by atoms with Crippen LogP contribution in [-0.2, 0) is 4.74 Å². The Labute approximate surface area is 133 Å². The lowest BCUT2D eigenvalue weighted by atomic mass is 10.1. The Balaban J connectivity index is 1.85. The molecule has 0 saturated carbocycles. The summed E-state index contributed by atoms with van der Waals surface area (Å²) in [6, 6.07) is 4.18. The van der Waals surface area contributed by atoms with E-state index < -0.39 is 0 Å². The zero-order chi connectivity index (χ0) is 15.2. The number of benzene rings is 1. The van der Waals surface area contributed by atoms with E-state index in [4.69, 9.17) is 28.6 Å². The molecule has 1 aromatic rings. The molecule has 7 heteroatoms. The van der Waals surface area contributed by atoms with E-state index in [9.17, 15) is 4.39 Å². The van der Waals surface area contributed by atoms with Gasteiger partial charge in [0.25, 0.3) is 0 Å². The molecule has 0 bridgehead atoms. The highest BCUT2D eigenvalue weighted by Crippen LogP contribution is 2.17. The third kappa shape index (κ3) is 4.91. The highest BCUT2D eigenvalue weighted by molar-refractivity contribution is 7.80. The molecule has 0 unspecified atom stereocenters. The first kappa shape index (κ1) is 16.1. The molecule has 2 N–H and O–H groups in total. The molecule has 2 rings (SSSR count). The number of hydrogen-bond acceptors (Lipinski definition) is 3. The molecule has 1 saturated heterocycles. The van der Waals surface area contributed by atoms with Crippen LogP contribution in [0.15, 0.2) is 23.3 Å². The van der Waals surface area contributed by atoms with Gasteiger partial charge in [0.05, 0.1) is 16.8 Å². The molecule has 0 spiro atoms. The maximum absolute atomic E-state index is 13.0. The predicted octanol–water partition coefficient (Wildman–Crippen LogP) is 2.85. The van der Waals surface area contributed by atoms with Gasteiger partial charge in [-0.1, -0.05) is 11.6 Å². The van der Waals surface area contributed by atoms with Crippen LogP contribution in [0.4, 0.5) is 4.39 Å². The standard InChI is InChI=1S/C14H17ClFN3OS/c1-9(12-5-4-10(16)7-13(12)15)18-19-14(21)17-8-11-3-2-6-20-11/h4-5,7,11H,2-3,6,8H2,1H3,(H2,17,19,21)/b18-9-/t11-/m0/s1. The number of nitrogens with zero attached hydrogens (tertiary/aromatic N) is 1. The first-order chi connectivity index (χ1) is 10.1. The summed E-state index contributed by atoms with van der Waals surface area (Å²) in [5.41, 5.74) is 4.03. The van der Waals surface area contributed by atoms with Gasteiger partial charge in [0.1, 0.15) is 5.82 Å². The normalized spacial score (nSPS) is 18.6. The van der Waals surface area contributed by atoms with E-state index >= 15 is 0 Å². The van der Waals surface area contributed by atoms with Gasteiger partial charge in [-0.2, -0.15) is 5.10 Å². The summed E-state index contributed by atoms with van der Waals surface area (Å²) in [4.78, 5) is 0. The summed E-state index contributed by atoms with van der Waals surface area (Å²) >= 11 is 11.1. The van der Waals surface area contributed by atoms with Crippen LogP contribution in [-0.4, -0.2) is 30.1 Å². The van der Waals surface area contributed by atoms with Crippen molar-refractivity contribution in [3.63, 3.8) is 0 Å². The molecular weight excluding hydrogens is 313 g/mol. The minimum atomic E-state index is -0.377. The zero-order valence-electron chi connectivity index (χ0n) is 11.7. The molecule has 0 aromatic heterocycles. The largest absolute Gasteiger partial charge is 0.376 e. The third-order valence-electron chi connectivity index (χ3n) is 3.16. The van der Waals surface area contributed by atoms with Gasteiger partial charge in [-0.25, -0.2) is 4.39 Å². The van der Waals surface area contributed by atoms with Gasteiger partial charge in [-0.05, 0) is 50.2 Å². The number of halogens is 2. The molecule has 1 heterocycles. The van der Waals surface area contributed by atoms with Crippen molar-refractivity contribution in [2.45, 2.75) is 25.9 Å². The highest BCUT2D eigenvalue weighted by Gasteiger charge is 2.15. The third-order valence-corrected chi connectivity index (χ3v) is 3.71. The molecule has 1 aliphatic rings. The minimum Gasteiger partial charge on any atom is -0.376 e. The summed E-state index contributed by atoms with van der Waals surface area (Å²) in [5.74, 6) is -0.377. The fourth-order valence-corrected chi connectivity index (χ4v) is 2.46. The quantitative estimate of drug-likeness (QED) is 0.506. The van der Waals surface area contributed by atoms with Crippen molar-refractivity contribution in [1.29, 1.82) is 0 Å². The van der Waals surface area contributed by atoms with Crippen LogP contribution in [0.5, 0.6) is 0 Å². The van der Waals surface area contributed by atoms with E-state index in [0.29, 0.717) is 28.0 Å². The lowest BCUT2D eigenvalue weighted by Crippen LogP contribution is -2.37. The molecule has 1 aliphatic heterocycles. The Kier molecular flexibility index (Phi) is 5.90. The van der Waals surface area contributed by atoms with Gasteiger partial charge >= 0.3 is 0 Å². The highest BCUT2D eigenvalue weighted by atomic mass is 35.5. The van der Waals surface area contributed by atoms with Crippen LogP contribution < -0.4 is 10.7 Å². The van der Waals surface area contributed by atoms with E-state index in [1.54, 1.807) is 13.0 Å². The lowest BCUT2D eigenvalue weighted by molar-refractivity contribution is 0.114. The minimum absolute atomic E-state index is 0.210. The fraction of sp³-hybridized carbons (Fsp3) is 0.429. The van der Waals surface area contributed by atoms with Crippen LogP contribution in [0, 0.1) is 5.82 Å². The van der Waals surface area contributed by atoms with E-state index in [2.05, 4.69) is 15.8 Å². The Bertz CT molecular complexity index is 547. The van der Waals surface area contributed by atoms with Crippen LogP contribution >= 0.6 is 23.8 Å². The van der Waals surface area contributed by atoms with Gasteiger partial charge in [-0.3, -0.25) is 5.43 Å². The van der Waals surface area contributed by atoms with Gasteiger partial charge in [0.15, 0.2) is 5.11 Å². The van der Waals surface area contributed by atoms with Crippen molar-refractivity contribution >= 4 is 34.6 Å². The molecule has 0 amide bonds. The van der Waals surface area contributed by atoms with Crippen molar-refractivity contribution in [3.8, 4) is 0 Å². The fourth-order valence-electron chi connectivity index (χ4n) is 2.03. The van der Waals surface area contributed by atoms with Crippen LogP contribution in [0.25, 0.3) is 0 Å². The Morgan fingerprint density at radius 2 is 2.38 bits per heavy atom. The molecule has 1 aromatic carbocycles. The number of rotatable bonds is 4. The first-order valence-electron chi connectivity index (χ1n) is 6.71. The van der Waals surface area contributed by atoms with Crippen molar-refractivity contribution < 1.29 is 9.13 Å². The molecule has 1 atom stereocenters. The molecule has 0 aliphatic carbocycles. The van der Waals surface area contributed by atoms with Gasteiger partial charge in [0.2, 0.25) is 0 Å². The van der Waals surface area contributed by atoms with Gasteiger partial charge < -0.3 is 10.1 Å². The second-order valence-electron chi connectivity index (χ2n) is 4.78. The molecule has 4 nitrogen and oxygen atoms in total. The molecule has 1 fully saturated rings. The van der Waals surface area contributed by atoms with Crippen molar-refractivity contribution in [2.75, 3.05) is 13.2 Å². The smallest absolute Gasteiger partial charge is 0.187 e. The van der Waals surface area contributed by atoms with Crippen molar-refractivity contribution in [1.82, 2.24) is 10.7 Å². The summed E-state index contributed by atoms with van der Waals surface area (Å²) in [5, 5.41) is 7.93. The Morgan fingerprint density at radius 1 is 1.57 bits per heavy atom. The number of hydrogen-bond donors (Lipinski definition) is 2. The monoisotopic (exact) mass is 329 g/mol. The molecule has 0 radical (unpaired) electrons. The molecule has 114 valence electrons. The summed E-state index contributed by atoms with van der Waals surface area (Å²) in [7, 11) is 0. The number of nitrogens with one attached hydrogen (secondary N) is 2.